The van der Waals surface area contributed by atoms with E-state index in [4.69, 9.17) is 11.6 Å². The van der Waals surface area contributed by atoms with Gasteiger partial charge in [-0.15, -0.1) is 11.6 Å². The molecule has 6 nitrogen and oxygen atoms in total. The van der Waals surface area contributed by atoms with Gasteiger partial charge in [-0.2, -0.15) is 0 Å². The highest BCUT2D eigenvalue weighted by Gasteiger charge is 2.74. The molecule has 3 N–H and O–H groups in total. The number of nitrogens with zero attached hydrogens (tertiary/aromatic N) is 1. The Morgan fingerprint density at radius 3 is 2.71 bits per heavy atom. The highest BCUT2D eigenvalue weighted by atomic mass is 35.5. The second-order valence-electron chi connectivity index (χ2n) is 11.6. The smallest absolute Gasteiger partial charge is 0.253 e. The topological polar surface area (TPSA) is 99.5 Å². The molecule has 1 aromatic rings. The van der Waals surface area contributed by atoms with Crippen molar-refractivity contribution in [3.8, 4) is 0 Å². The number of aliphatic hydroxyl groups is 2. The average molecular weight is 499 g/mol. The Bertz CT molecular complexity index is 1120. The van der Waals surface area contributed by atoms with Crippen LogP contribution in [0.15, 0.2) is 48.2 Å². The first-order chi connectivity index (χ1) is 16.4. The number of halogens is 1. The van der Waals surface area contributed by atoms with Gasteiger partial charge in [0, 0.05) is 17.0 Å². The number of allylic oxidation sites excluding steroid dienone is 4. The molecule has 7 heteroatoms. The molecule has 5 rings (SSSR count). The van der Waals surface area contributed by atoms with Gasteiger partial charge >= 0.3 is 0 Å². The van der Waals surface area contributed by atoms with E-state index in [9.17, 15) is 19.8 Å². The fraction of sp³-hybridized carbons (Fsp3) is 0.607. The zero-order chi connectivity index (χ0) is 25.4. The molecule has 188 valence electrons. The number of ketones is 1. The largest absolute Gasteiger partial charge is 0.391 e. The number of alkyl halides is 1. The summed E-state index contributed by atoms with van der Waals surface area (Å²) in [5.41, 5.74) is -1.49. The summed E-state index contributed by atoms with van der Waals surface area (Å²) in [4.78, 5) is 29.1. The van der Waals surface area contributed by atoms with Crippen LogP contribution in [-0.2, 0) is 9.59 Å². The normalized spacial score (nSPS) is 45.1. The van der Waals surface area contributed by atoms with Crippen LogP contribution in [0.3, 0.4) is 0 Å². The molecule has 4 aliphatic rings. The van der Waals surface area contributed by atoms with E-state index in [0.29, 0.717) is 19.3 Å². The molecule has 0 radical (unpaired) electrons. The number of hydrogen-bond donors (Lipinski definition) is 3. The van der Waals surface area contributed by atoms with Crippen LogP contribution in [-0.4, -0.2) is 43.5 Å². The summed E-state index contributed by atoms with van der Waals surface area (Å²) in [6.07, 6.45) is 8.06. The van der Waals surface area contributed by atoms with Crippen LogP contribution in [0.25, 0.3) is 0 Å². The molecule has 3 fully saturated rings. The minimum Gasteiger partial charge on any atom is -0.391 e. The van der Waals surface area contributed by atoms with Crippen molar-refractivity contribution in [3.05, 3.63) is 53.9 Å². The van der Waals surface area contributed by atoms with Crippen molar-refractivity contribution >= 4 is 23.3 Å². The van der Waals surface area contributed by atoms with Crippen molar-refractivity contribution in [2.75, 3.05) is 0 Å². The van der Waals surface area contributed by atoms with Crippen molar-refractivity contribution in [2.24, 2.45) is 28.6 Å². The number of amides is 1. The maximum absolute atomic E-state index is 13.7. The quantitative estimate of drug-likeness (QED) is 0.549. The van der Waals surface area contributed by atoms with Crippen LogP contribution in [0.1, 0.15) is 65.1 Å². The lowest BCUT2D eigenvalue weighted by molar-refractivity contribution is -0.180. The summed E-state index contributed by atoms with van der Waals surface area (Å²) in [6.45, 7) is 7.74. The Hall–Kier alpha value is -2.02. The van der Waals surface area contributed by atoms with Crippen LogP contribution < -0.4 is 5.32 Å². The Balaban J connectivity index is 1.50. The number of aromatic nitrogens is 1. The van der Waals surface area contributed by atoms with Gasteiger partial charge in [-0.05, 0) is 74.6 Å². The fourth-order valence-electron chi connectivity index (χ4n) is 8.04. The number of rotatable bonds is 3. The Labute approximate surface area is 211 Å². The minimum absolute atomic E-state index is 0.0473. The van der Waals surface area contributed by atoms with E-state index in [1.807, 2.05) is 52.0 Å². The second-order valence-corrected chi connectivity index (χ2v) is 12.2. The van der Waals surface area contributed by atoms with E-state index in [1.54, 1.807) is 18.3 Å². The van der Waals surface area contributed by atoms with Gasteiger partial charge in [0.1, 0.15) is 0 Å². The average Bonchev–Trinajstić information content (AvgIpc) is 3.02. The molecule has 35 heavy (non-hydrogen) atoms. The lowest BCUT2D eigenvalue weighted by atomic mass is 9.45. The maximum Gasteiger partial charge on any atom is 0.253 e. The van der Waals surface area contributed by atoms with E-state index >= 15 is 0 Å². The molecule has 0 aromatic carbocycles. The lowest BCUT2D eigenvalue weighted by Crippen LogP contribution is -2.69. The third-order valence-corrected chi connectivity index (χ3v) is 11.0. The number of carbonyl (C=O) groups is 2. The Morgan fingerprint density at radius 2 is 2.03 bits per heavy atom. The van der Waals surface area contributed by atoms with E-state index in [-0.39, 0.29) is 36.0 Å². The summed E-state index contributed by atoms with van der Waals surface area (Å²) in [5.74, 6) is -0.950. The van der Waals surface area contributed by atoms with Crippen LogP contribution in [0.5, 0.6) is 0 Å². The fourth-order valence-corrected chi connectivity index (χ4v) is 8.57. The second kappa shape index (κ2) is 7.99. The molecule has 0 saturated heterocycles. The standard InChI is InChI=1S/C28H35ClN2O4/c1-16-13-21-20-9-8-18-14-19(32)10-11-25(18,3)27(20,29)23(33)15-26(21,4)28(16,35)24(34)31-17(2)22-7-5-6-12-30-22/h5-7,10-12,14,16-17,20-21,23,33,35H,8-9,13,15H2,1-4H3,(H,31,34)/t16-,17?,20?,21?,23+,25?,26?,27+,28+/m1/s1. The van der Waals surface area contributed by atoms with E-state index < -0.39 is 33.3 Å². The number of fused-ring (bicyclic) bond motifs is 5. The zero-order valence-electron chi connectivity index (χ0n) is 20.8. The van der Waals surface area contributed by atoms with Gasteiger partial charge in [-0.25, -0.2) is 0 Å². The van der Waals surface area contributed by atoms with E-state index in [0.717, 1.165) is 11.3 Å². The van der Waals surface area contributed by atoms with Crippen molar-refractivity contribution in [2.45, 2.75) is 76.0 Å². The summed E-state index contributed by atoms with van der Waals surface area (Å²) < 4.78 is 0. The highest BCUT2D eigenvalue weighted by molar-refractivity contribution is 6.26. The first kappa shape index (κ1) is 24.7. The van der Waals surface area contributed by atoms with Crippen molar-refractivity contribution < 1.29 is 19.8 Å². The third-order valence-electron chi connectivity index (χ3n) is 10.0. The molecular formula is C28H35ClN2O4. The van der Waals surface area contributed by atoms with Gasteiger partial charge in [0.15, 0.2) is 11.4 Å². The van der Waals surface area contributed by atoms with Gasteiger partial charge in [-0.1, -0.05) is 38.5 Å². The van der Waals surface area contributed by atoms with Gasteiger partial charge in [0.05, 0.1) is 22.7 Å². The van der Waals surface area contributed by atoms with Crippen molar-refractivity contribution in [1.29, 1.82) is 0 Å². The molecule has 1 aromatic heterocycles. The summed E-state index contributed by atoms with van der Waals surface area (Å²) in [5, 5.41) is 26.8. The Kier molecular flexibility index (Phi) is 5.63. The molecule has 5 unspecified atom stereocenters. The van der Waals surface area contributed by atoms with Gasteiger partial charge in [-0.3, -0.25) is 14.6 Å². The number of nitrogens with one attached hydrogen (secondary N) is 1. The van der Waals surface area contributed by atoms with Gasteiger partial charge < -0.3 is 15.5 Å². The first-order valence-electron chi connectivity index (χ1n) is 12.6. The number of carbonyl (C=O) groups excluding carboxylic acids is 2. The highest BCUT2D eigenvalue weighted by Crippen LogP contribution is 2.71. The maximum atomic E-state index is 13.7. The monoisotopic (exact) mass is 498 g/mol. The number of pyridine rings is 1. The molecule has 9 atom stereocenters. The molecule has 3 saturated carbocycles. The summed E-state index contributed by atoms with van der Waals surface area (Å²) in [7, 11) is 0. The van der Waals surface area contributed by atoms with Gasteiger partial charge in [0.25, 0.3) is 5.91 Å². The predicted octanol–water partition coefficient (Wildman–Crippen LogP) is 3.88. The predicted molar refractivity (Wildman–Crippen MR) is 133 cm³/mol. The molecule has 1 amide bonds. The number of hydrogen-bond acceptors (Lipinski definition) is 5. The van der Waals surface area contributed by atoms with Gasteiger partial charge in [0.2, 0.25) is 0 Å². The number of aliphatic hydroxyl groups excluding tert-OH is 1. The molecular weight excluding hydrogens is 464 g/mol. The molecule has 0 spiro atoms. The summed E-state index contributed by atoms with van der Waals surface area (Å²) in [6, 6.07) is 5.17. The van der Waals surface area contributed by atoms with Crippen molar-refractivity contribution in [1.82, 2.24) is 10.3 Å². The van der Waals surface area contributed by atoms with Crippen LogP contribution in [0.4, 0.5) is 0 Å². The molecule has 0 aliphatic heterocycles. The molecule has 4 aliphatic carbocycles. The van der Waals surface area contributed by atoms with Crippen LogP contribution in [0, 0.1) is 28.6 Å². The summed E-state index contributed by atoms with van der Waals surface area (Å²) >= 11 is 7.46. The minimum atomic E-state index is -1.66. The van der Waals surface area contributed by atoms with Crippen molar-refractivity contribution in [3.63, 3.8) is 0 Å². The molecule has 0 bridgehead atoms. The Morgan fingerprint density at radius 1 is 1.29 bits per heavy atom. The van der Waals surface area contributed by atoms with Crippen LogP contribution in [0.2, 0.25) is 0 Å². The zero-order valence-corrected chi connectivity index (χ0v) is 21.5. The third kappa shape index (κ3) is 3.12. The SMILES string of the molecule is CC(NC(=O)[C@@]1(O)[C@H](C)CC2C3CCC4=CC(=O)C=CC4(C)[C@@]3(Cl)[C@@H](O)CC21C)c1ccccn1. The molecule has 1 heterocycles. The first-order valence-corrected chi connectivity index (χ1v) is 13.0. The van der Waals surface area contributed by atoms with E-state index in [1.165, 1.54) is 0 Å². The lowest BCUT2D eigenvalue weighted by Gasteiger charge is -2.63. The van der Waals surface area contributed by atoms with Crippen LogP contribution >= 0.6 is 11.6 Å². The van der Waals surface area contributed by atoms with E-state index in [2.05, 4.69) is 10.3 Å².